The lowest BCUT2D eigenvalue weighted by molar-refractivity contribution is -0.137. The number of amides is 4. The molecule has 4 N–H and O–H groups in total. The number of carbonyl (C=O) groups excluding carboxylic acids is 4. The maximum atomic E-state index is 13.3. The maximum Gasteiger partial charge on any atom is 0.407 e. The van der Waals surface area contributed by atoms with Gasteiger partial charge >= 0.3 is 6.09 Å². The van der Waals surface area contributed by atoms with Crippen LogP contribution in [0.3, 0.4) is 0 Å². The number of rotatable bonds is 11. The molecule has 0 bridgehead atoms. The highest BCUT2D eigenvalue weighted by atomic mass is 16.5. The molecule has 49 heavy (non-hydrogen) atoms. The van der Waals surface area contributed by atoms with Gasteiger partial charge in [-0.05, 0) is 53.9 Å². The molecule has 13 heteroatoms. The summed E-state index contributed by atoms with van der Waals surface area (Å²) in [5, 5.41) is 5.14. The van der Waals surface area contributed by atoms with Gasteiger partial charge in [0.1, 0.15) is 24.2 Å². The summed E-state index contributed by atoms with van der Waals surface area (Å²) in [7, 11) is 1.26. The molecule has 256 valence electrons. The number of aromatic nitrogens is 4. The van der Waals surface area contributed by atoms with Gasteiger partial charge < -0.3 is 35.1 Å². The average Bonchev–Trinajstić information content (AvgIpc) is 3.95. The monoisotopic (exact) mass is 666 g/mol. The minimum absolute atomic E-state index is 0.0180. The van der Waals surface area contributed by atoms with Crippen LogP contribution in [0.5, 0.6) is 0 Å². The SMILES string of the molecule is COC(=O)NCC(=O)N1CCC[C@H]1c1ncc(-c2ccc(-c3ccc(-c4cnc([C@@H]5CCCN5C(=O)C(NC=O)C(C)C)[nH]4)cc3)cc2)[nH]1. The molecule has 0 radical (unpaired) electrons. The molecular weight excluding hydrogens is 624 g/mol. The minimum atomic E-state index is -0.635. The van der Waals surface area contributed by atoms with Crippen molar-refractivity contribution in [2.75, 3.05) is 26.7 Å². The quantitative estimate of drug-likeness (QED) is 0.170. The molecule has 2 saturated heterocycles. The van der Waals surface area contributed by atoms with Gasteiger partial charge in [-0.1, -0.05) is 62.4 Å². The molecule has 4 amide bonds. The van der Waals surface area contributed by atoms with Crippen LogP contribution in [0.2, 0.25) is 0 Å². The summed E-state index contributed by atoms with van der Waals surface area (Å²) in [6.45, 7) is 4.98. The van der Waals surface area contributed by atoms with E-state index in [1.807, 2.05) is 37.1 Å². The number of likely N-dealkylation sites (tertiary alicyclic amines) is 2. The van der Waals surface area contributed by atoms with Crippen molar-refractivity contribution in [3.05, 3.63) is 72.6 Å². The number of carbonyl (C=O) groups is 4. The van der Waals surface area contributed by atoms with E-state index in [0.29, 0.717) is 19.5 Å². The number of alkyl carbamates (subject to hydrolysis) is 1. The number of H-pyrrole nitrogens is 2. The van der Waals surface area contributed by atoms with Crippen molar-refractivity contribution in [3.8, 4) is 33.6 Å². The van der Waals surface area contributed by atoms with Crippen LogP contribution in [0, 0.1) is 5.92 Å². The smallest absolute Gasteiger partial charge is 0.407 e. The van der Waals surface area contributed by atoms with E-state index >= 15 is 0 Å². The highest BCUT2D eigenvalue weighted by Crippen LogP contribution is 2.34. The van der Waals surface area contributed by atoms with Gasteiger partial charge in [0.2, 0.25) is 18.2 Å². The highest BCUT2D eigenvalue weighted by Gasteiger charge is 2.36. The first kappa shape index (κ1) is 33.4. The molecule has 2 fully saturated rings. The lowest BCUT2D eigenvalue weighted by Crippen LogP contribution is -2.48. The molecule has 2 aliphatic rings. The van der Waals surface area contributed by atoms with E-state index in [9.17, 15) is 19.2 Å². The first-order valence-electron chi connectivity index (χ1n) is 16.7. The van der Waals surface area contributed by atoms with Gasteiger partial charge in [0.15, 0.2) is 0 Å². The van der Waals surface area contributed by atoms with Crippen molar-refractivity contribution < 1.29 is 23.9 Å². The van der Waals surface area contributed by atoms with E-state index in [1.165, 1.54) is 7.11 Å². The van der Waals surface area contributed by atoms with Gasteiger partial charge in [-0.25, -0.2) is 14.8 Å². The number of nitrogens with one attached hydrogen (secondary N) is 4. The Hall–Kier alpha value is -5.46. The van der Waals surface area contributed by atoms with Gasteiger partial charge in [0.05, 0.1) is 43.0 Å². The zero-order valence-electron chi connectivity index (χ0n) is 27.9. The molecule has 2 aliphatic heterocycles. The minimum Gasteiger partial charge on any atom is -0.453 e. The average molecular weight is 667 g/mol. The second kappa shape index (κ2) is 14.8. The predicted octanol–water partition coefficient (Wildman–Crippen LogP) is 4.59. The van der Waals surface area contributed by atoms with Crippen LogP contribution >= 0.6 is 0 Å². The third kappa shape index (κ3) is 7.20. The Bertz CT molecular complexity index is 1780. The maximum absolute atomic E-state index is 13.3. The fourth-order valence-corrected chi connectivity index (χ4v) is 6.78. The van der Waals surface area contributed by atoms with Crippen molar-refractivity contribution in [2.24, 2.45) is 5.92 Å². The standard InChI is InChI=1S/C36H42N8O5/c1-22(2)32(40-21-45)35(47)44-17-5-7-30(44)34-38-19-28(42-34)26-14-10-24(11-15-26)23-8-12-25(13-9-23)27-18-37-33(41-27)29-6-4-16-43(29)31(46)20-39-36(48)49-3/h8-15,18-19,21-22,29-30,32H,4-7,16-17,20H2,1-3H3,(H,37,41)(H,38,42)(H,39,48)(H,40,45)/t29-,30-,32?/m0/s1. The van der Waals surface area contributed by atoms with E-state index in [4.69, 9.17) is 0 Å². The van der Waals surface area contributed by atoms with Crippen LogP contribution in [0.25, 0.3) is 33.6 Å². The Kier molecular flexibility index (Phi) is 10.1. The van der Waals surface area contributed by atoms with Crippen LogP contribution in [-0.4, -0.2) is 86.8 Å². The van der Waals surface area contributed by atoms with Gasteiger partial charge in [-0.3, -0.25) is 14.4 Å². The fourth-order valence-electron chi connectivity index (χ4n) is 6.78. The Morgan fingerprint density at radius 2 is 1.33 bits per heavy atom. The second-order valence-electron chi connectivity index (χ2n) is 12.8. The second-order valence-corrected chi connectivity index (χ2v) is 12.8. The fraction of sp³-hybridized carbons (Fsp3) is 0.389. The number of nitrogens with zero attached hydrogens (tertiary/aromatic N) is 4. The van der Waals surface area contributed by atoms with Crippen LogP contribution < -0.4 is 10.6 Å². The molecule has 4 aromatic rings. The third-order valence-electron chi connectivity index (χ3n) is 9.41. The van der Waals surface area contributed by atoms with Crippen LogP contribution in [-0.2, 0) is 19.1 Å². The number of ether oxygens (including phenoxy) is 1. The van der Waals surface area contributed by atoms with Crippen LogP contribution in [0.1, 0.15) is 63.3 Å². The summed E-state index contributed by atoms with van der Waals surface area (Å²) in [4.78, 5) is 68.2. The number of imidazole rings is 2. The summed E-state index contributed by atoms with van der Waals surface area (Å²) in [5.74, 6) is 1.20. The van der Waals surface area contributed by atoms with Crippen LogP contribution in [0.15, 0.2) is 60.9 Å². The molecule has 1 unspecified atom stereocenters. The molecule has 3 atom stereocenters. The van der Waals surface area contributed by atoms with Crippen molar-refractivity contribution >= 4 is 24.3 Å². The van der Waals surface area contributed by atoms with Gasteiger partial charge in [0.25, 0.3) is 0 Å². The van der Waals surface area contributed by atoms with E-state index in [-0.39, 0.29) is 36.4 Å². The molecule has 2 aromatic heterocycles. The van der Waals surface area contributed by atoms with Crippen molar-refractivity contribution in [1.29, 1.82) is 0 Å². The highest BCUT2D eigenvalue weighted by molar-refractivity contribution is 5.85. The first-order chi connectivity index (χ1) is 23.8. The van der Waals surface area contributed by atoms with Gasteiger partial charge in [0, 0.05) is 13.1 Å². The molecule has 0 saturated carbocycles. The van der Waals surface area contributed by atoms with Crippen molar-refractivity contribution in [2.45, 2.75) is 57.7 Å². The molecule has 13 nitrogen and oxygen atoms in total. The molecule has 6 rings (SSSR count). The summed E-state index contributed by atoms with van der Waals surface area (Å²) in [6.07, 6.45) is 6.91. The molecule has 2 aromatic carbocycles. The van der Waals surface area contributed by atoms with Crippen LogP contribution in [0.4, 0.5) is 4.79 Å². The number of hydrogen-bond acceptors (Lipinski definition) is 7. The Morgan fingerprint density at radius 3 is 1.82 bits per heavy atom. The lowest BCUT2D eigenvalue weighted by atomic mass is 10.0. The predicted molar refractivity (Wildman–Crippen MR) is 183 cm³/mol. The zero-order valence-corrected chi connectivity index (χ0v) is 27.9. The normalized spacial score (nSPS) is 18.0. The number of hydrogen-bond donors (Lipinski definition) is 4. The molecule has 4 heterocycles. The Balaban J connectivity index is 1.10. The number of benzene rings is 2. The third-order valence-corrected chi connectivity index (χ3v) is 9.41. The molecular formula is C36H42N8O5. The van der Waals surface area contributed by atoms with Crippen molar-refractivity contribution in [1.82, 2.24) is 40.4 Å². The van der Waals surface area contributed by atoms with E-state index in [0.717, 1.165) is 71.0 Å². The van der Waals surface area contributed by atoms with Gasteiger partial charge in [-0.15, -0.1) is 0 Å². The Labute approximate surface area is 284 Å². The van der Waals surface area contributed by atoms with E-state index in [1.54, 1.807) is 11.1 Å². The first-order valence-corrected chi connectivity index (χ1v) is 16.7. The largest absolute Gasteiger partial charge is 0.453 e. The lowest BCUT2D eigenvalue weighted by Gasteiger charge is -2.29. The number of methoxy groups -OCH3 is 1. The van der Waals surface area contributed by atoms with E-state index < -0.39 is 12.1 Å². The van der Waals surface area contributed by atoms with Crippen molar-refractivity contribution in [3.63, 3.8) is 0 Å². The molecule has 0 aliphatic carbocycles. The zero-order chi connectivity index (χ0) is 34.5. The summed E-state index contributed by atoms with van der Waals surface area (Å²) < 4.78 is 4.57. The topological polar surface area (TPSA) is 165 Å². The van der Waals surface area contributed by atoms with Gasteiger partial charge in [-0.2, -0.15) is 0 Å². The van der Waals surface area contributed by atoms with E-state index in [2.05, 4.69) is 71.7 Å². The summed E-state index contributed by atoms with van der Waals surface area (Å²) in [5.41, 5.74) is 5.84. The summed E-state index contributed by atoms with van der Waals surface area (Å²) in [6, 6.07) is 15.6. The summed E-state index contributed by atoms with van der Waals surface area (Å²) >= 11 is 0. The number of aromatic amines is 2. The molecule has 0 spiro atoms. The Morgan fingerprint density at radius 1 is 0.837 bits per heavy atom.